The maximum absolute atomic E-state index is 8.95. The Kier molecular flexibility index (Phi) is 4.75. The molecule has 1 aliphatic heterocycles. The number of aromatic nitrogens is 1. The van der Waals surface area contributed by atoms with Crippen LogP contribution < -0.4 is 5.32 Å². The zero-order chi connectivity index (χ0) is 13.7. The van der Waals surface area contributed by atoms with Crippen molar-refractivity contribution in [2.45, 2.75) is 39.2 Å². The molecule has 1 fully saturated rings. The molecule has 0 radical (unpaired) electrons. The summed E-state index contributed by atoms with van der Waals surface area (Å²) < 4.78 is 0. The number of aryl methyl sites for hydroxylation is 1. The van der Waals surface area contributed by atoms with Crippen molar-refractivity contribution in [3.63, 3.8) is 0 Å². The molecular formula is C15H22N4. The second kappa shape index (κ2) is 6.53. The Morgan fingerprint density at radius 2 is 2.11 bits per heavy atom. The maximum atomic E-state index is 8.95. The van der Waals surface area contributed by atoms with Gasteiger partial charge in [-0.2, -0.15) is 5.26 Å². The van der Waals surface area contributed by atoms with E-state index in [0.717, 1.165) is 18.1 Å². The van der Waals surface area contributed by atoms with Gasteiger partial charge in [-0.1, -0.05) is 6.42 Å². The molecule has 1 aliphatic rings. The van der Waals surface area contributed by atoms with Gasteiger partial charge in [0, 0.05) is 18.3 Å². The molecule has 1 N–H and O–H groups in total. The molecule has 2 heterocycles. The van der Waals surface area contributed by atoms with E-state index in [2.05, 4.69) is 28.2 Å². The van der Waals surface area contributed by atoms with Crippen molar-refractivity contribution in [3.8, 4) is 6.07 Å². The van der Waals surface area contributed by atoms with Gasteiger partial charge in [0.15, 0.2) is 0 Å². The topological polar surface area (TPSA) is 52.0 Å². The largest absolute Gasteiger partial charge is 0.368 e. The lowest BCUT2D eigenvalue weighted by Crippen LogP contribution is -2.41. The highest BCUT2D eigenvalue weighted by molar-refractivity contribution is 5.44. The molecule has 2 rings (SSSR count). The van der Waals surface area contributed by atoms with Gasteiger partial charge < -0.3 is 5.32 Å². The summed E-state index contributed by atoms with van der Waals surface area (Å²) in [6.07, 6.45) is 3.98. The molecule has 1 aromatic rings. The van der Waals surface area contributed by atoms with Crippen LogP contribution in [0.1, 0.15) is 37.4 Å². The zero-order valence-electron chi connectivity index (χ0n) is 11.8. The first kappa shape index (κ1) is 13.8. The molecule has 4 nitrogen and oxygen atoms in total. The lowest BCUT2D eigenvalue weighted by atomic mass is 10.1. The number of rotatable bonds is 4. The van der Waals surface area contributed by atoms with Gasteiger partial charge in [0.2, 0.25) is 0 Å². The van der Waals surface area contributed by atoms with Crippen molar-refractivity contribution in [1.29, 1.82) is 5.26 Å². The number of pyridine rings is 1. The standard InChI is InChI=1S/C15H22N4/c1-12-8-14(10-16)9-15(18-12)17-11-13(2)19-6-4-3-5-7-19/h8-9,13H,3-7,11H2,1-2H3,(H,17,18). The molecule has 1 aromatic heterocycles. The van der Waals surface area contributed by atoms with Gasteiger partial charge >= 0.3 is 0 Å². The molecule has 0 aliphatic carbocycles. The Bertz CT molecular complexity index is 458. The molecule has 0 bridgehead atoms. The van der Waals surface area contributed by atoms with E-state index in [1.54, 1.807) is 6.07 Å². The van der Waals surface area contributed by atoms with Crippen LogP contribution in [0.25, 0.3) is 0 Å². The van der Waals surface area contributed by atoms with Crippen molar-refractivity contribution in [2.24, 2.45) is 0 Å². The van der Waals surface area contributed by atoms with E-state index >= 15 is 0 Å². The number of anilines is 1. The highest BCUT2D eigenvalue weighted by Crippen LogP contribution is 2.13. The minimum Gasteiger partial charge on any atom is -0.368 e. The van der Waals surface area contributed by atoms with Crippen LogP contribution in [0, 0.1) is 18.3 Å². The van der Waals surface area contributed by atoms with Gasteiger partial charge in [-0.05, 0) is 51.9 Å². The molecule has 0 saturated carbocycles. The van der Waals surface area contributed by atoms with E-state index in [9.17, 15) is 0 Å². The Hall–Kier alpha value is -1.60. The van der Waals surface area contributed by atoms with Crippen LogP contribution in [-0.4, -0.2) is 35.6 Å². The summed E-state index contributed by atoms with van der Waals surface area (Å²) in [6.45, 7) is 7.45. The number of nitriles is 1. The van der Waals surface area contributed by atoms with Crippen LogP contribution in [0.5, 0.6) is 0 Å². The van der Waals surface area contributed by atoms with Gasteiger partial charge in [0.1, 0.15) is 5.82 Å². The van der Waals surface area contributed by atoms with Crippen molar-refractivity contribution >= 4 is 5.82 Å². The predicted molar refractivity (Wildman–Crippen MR) is 77.1 cm³/mol. The fourth-order valence-corrected chi connectivity index (χ4v) is 2.56. The van der Waals surface area contributed by atoms with Crippen LogP contribution in [0.4, 0.5) is 5.82 Å². The first-order chi connectivity index (χ1) is 9.19. The highest BCUT2D eigenvalue weighted by atomic mass is 15.2. The van der Waals surface area contributed by atoms with Crippen LogP contribution in [-0.2, 0) is 0 Å². The number of likely N-dealkylation sites (tertiary alicyclic amines) is 1. The summed E-state index contributed by atoms with van der Waals surface area (Å²) in [4.78, 5) is 6.94. The zero-order valence-corrected chi connectivity index (χ0v) is 11.8. The average Bonchev–Trinajstić information content (AvgIpc) is 2.45. The highest BCUT2D eigenvalue weighted by Gasteiger charge is 2.16. The molecule has 4 heteroatoms. The number of hydrogen-bond acceptors (Lipinski definition) is 4. The van der Waals surface area contributed by atoms with Gasteiger partial charge in [-0.25, -0.2) is 4.98 Å². The predicted octanol–water partition coefficient (Wildman–Crippen LogP) is 2.55. The second-order valence-corrected chi connectivity index (χ2v) is 5.32. The molecule has 1 atom stereocenters. The van der Waals surface area contributed by atoms with Gasteiger partial charge in [0.25, 0.3) is 0 Å². The Morgan fingerprint density at radius 3 is 2.79 bits per heavy atom. The summed E-state index contributed by atoms with van der Waals surface area (Å²) in [5.74, 6) is 0.806. The Morgan fingerprint density at radius 1 is 1.37 bits per heavy atom. The van der Waals surface area contributed by atoms with Crippen LogP contribution in [0.3, 0.4) is 0 Å². The summed E-state index contributed by atoms with van der Waals surface area (Å²) >= 11 is 0. The van der Waals surface area contributed by atoms with E-state index in [4.69, 9.17) is 5.26 Å². The normalized spacial score (nSPS) is 17.7. The van der Waals surface area contributed by atoms with Gasteiger partial charge in [0.05, 0.1) is 11.6 Å². The van der Waals surface area contributed by atoms with E-state index in [-0.39, 0.29) is 0 Å². The third-order valence-electron chi connectivity index (χ3n) is 3.68. The SMILES string of the molecule is Cc1cc(C#N)cc(NCC(C)N2CCCCC2)n1. The smallest absolute Gasteiger partial charge is 0.127 e. The number of nitrogens with one attached hydrogen (secondary N) is 1. The minimum absolute atomic E-state index is 0.508. The third-order valence-corrected chi connectivity index (χ3v) is 3.68. The molecule has 0 aromatic carbocycles. The van der Waals surface area contributed by atoms with E-state index in [1.807, 2.05) is 13.0 Å². The maximum Gasteiger partial charge on any atom is 0.127 e. The molecule has 1 unspecified atom stereocenters. The summed E-state index contributed by atoms with van der Waals surface area (Å²) in [7, 11) is 0. The van der Waals surface area contributed by atoms with E-state index in [1.165, 1.54) is 32.4 Å². The first-order valence-electron chi connectivity index (χ1n) is 7.06. The van der Waals surface area contributed by atoms with Gasteiger partial charge in [-0.15, -0.1) is 0 Å². The second-order valence-electron chi connectivity index (χ2n) is 5.32. The van der Waals surface area contributed by atoms with Crippen LogP contribution >= 0.6 is 0 Å². The monoisotopic (exact) mass is 258 g/mol. The molecular weight excluding hydrogens is 236 g/mol. The summed E-state index contributed by atoms with van der Waals surface area (Å²) in [5.41, 5.74) is 1.55. The average molecular weight is 258 g/mol. The minimum atomic E-state index is 0.508. The first-order valence-corrected chi connectivity index (χ1v) is 7.06. The summed E-state index contributed by atoms with van der Waals surface area (Å²) in [5, 5.41) is 12.3. The van der Waals surface area contributed by atoms with Crippen LogP contribution in [0.2, 0.25) is 0 Å². The van der Waals surface area contributed by atoms with Gasteiger partial charge in [-0.3, -0.25) is 4.90 Å². The molecule has 1 saturated heterocycles. The summed E-state index contributed by atoms with van der Waals surface area (Å²) in [6, 6.07) is 6.30. The number of piperidine rings is 1. The van der Waals surface area contributed by atoms with Crippen molar-refractivity contribution in [1.82, 2.24) is 9.88 Å². The third kappa shape index (κ3) is 3.93. The molecule has 0 amide bonds. The number of hydrogen-bond donors (Lipinski definition) is 1. The molecule has 19 heavy (non-hydrogen) atoms. The number of nitrogens with zero attached hydrogens (tertiary/aromatic N) is 3. The fraction of sp³-hybridized carbons (Fsp3) is 0.600. The van der Waals surface area contributed by atoms with Crippen LogP contribution in [0.15, 0.2) is 12.1 Å². The lowest BCUT2D eigenvalue weighted by Gasteiger charge is -2.32. The molecule has 102 valence electrons. The van der Waals surface area contributed by atoms with E-state index < -0.39 is 0 Å². The Labute approximate surface area is 115 Å². The van der Waals surface area contributed by atoms with Crippen molar-refractivity contribution < 1.29 is 0 Å². The van der Waals surface area contributed by atoms with Crippen molar-refractivity contribution in [3.05, 3.63) is 23.4 Å². The van der Waals surface area contributed by atoms with Crippen molar-refractivity contribution in [2.75, 3.05) is 25.0 Å². The Balaban J connectivity index is 1.91. The fourth-order valence-electron chi connectivity index (χ4n) is 2.56. The van der Waals surface area contributed by atoms with E-state index in [0.29, 0.717) is 11.6 Å². The quantitative estimate of drug-likeness (QED) is 0.901. The molecule has 0 spiro atoms. The lowest BCUT2D eigenvalue weighted by molar-refractivity contribution is 0.180.